The number of piperidine rings is 2. The molecular weight excluding hydrogens is 580 g/mol. The van der Waals surface area contributed by atoms with Gasteiger partial charge in [-0.15, -0.1) is 0 Å². The van der Waals surface area contributed by atoms with Gasteiger partial charge in [0.05, 0.1) is 16.9 Å². The molecule has 5 aromatic rings. The molecule has 2 aliphatic heterocycles. The standard InChI is InChI=1S/C38H22N2O6/c1-20-28-14-11-24-18-25(12-15-29(20)37(44)39(36(28)43)27-7-3-6-26(19-27)38(45)46)35(42)40(34(24)41)31-17-13-23-9-8-21-4-2-5-22-10-16-30(31)33(23)32(21)22/h2-17,19H,1,18H2,(H,45,46)/b24-11+,25-12+,28-14+,29-15?. The normalized spacial score (nSPS) is 20.4. The minimum absolute atomic E-state index is 0.00673. The Morgan fingerprint density at radius 1 is 0.630 bits per heavy atom. The molecule has 8 rings (SSSR count). The number of rotatable bonds is 3. The van der Waals surface area contributed by atoms with E-state index < -0.39 is 29.6 Å². The lowest BCUT2D eigenvalue weighted by atomic mass is 9.87. The number of fused-ring (bicyclic) bond motifs is 4. The smallest absolute Gasteiger partial charge is 0.335 e. The van der Waals surface area contributed by atoms with Crippen molar-refractivity contribution in [2.24, 2.45) is 0 Å². The average Bonchev–Trinajstić information content (AvgIpc) is 3.05. The first kappa shape index (κ1) is 27.2. The van der Waals surface area contributed by atoms with Crippen LogP contribution in [0, 0.1) is 0 Å². The highest BCUT2D eigenvalue weighted by molar-refractivity contribution is 6.35. The van der Waals surface area contributed by atoms with Crippen molar-refractivity contribution in [3.05, 3.63) is 143 Å². The first-order valence-electron chi connectivity index (χ1n) is 14.5. The van der Waals surface area contributed by atoms with E-state index in [4.69, 9.17) is 0 Å². The number of amides is 4. The van der Waals surface area contributed by atoms with Crippen molar-refractivity contribution in [3.8, 4) is 0 Å². The highest BCUT2D eigenvalue weighted by Gasteiger charge is 2.40. The van der Waals surface area contributed by atoms with E-state index in [1.54, 1.807) is 6.07 Å². The number of carbonyl (C=O) groups excluding carboxylic acids is 4. The van der Waals surface area contributed by atoms with Crippen molar-refractivity contribution in [3.63, 3.8) is 0 Å². The number of aromatic carboxylic acids is 1. The van der Waals surface area contributed by atoms with E-state index in [1.165, 1.54) is 53.5 Å². The maximum absolute atomic E-state index is 14.1. The molecule has 2 saturated heterocycles. The van der Waals surface area contributed by atoms with Crippen LogP contribution in [-0.2, 0) is 19.2 Å². The van der Waals surface area contributed by atoms with Gasteiger partial charge in [-0.1, -0.05) is 73.3 Å². The predicted molar refractivity (Wildman–Crippen MR) is 175 cm³/mol. The van der Waals surface area contributed by atoms with Crippen LogP contribution in [0.4, 0.5) is 11.4 Å². The molecule has 220 valence electrons. The minimum atomic E-state index is -1.21. The van der Waals surface area contributed by atoms with Crippen LogP contribution < -0.4 is 9.80 Å². The third-order valence-electron chi connectivity index (χ3n) is 8.85. The summed E-state index contributed by atoms with van der Waals surface area (Å²) in [4.78, 5) is 69.2. The van der Waals surface area contributed by atoms with Crippen molar-refractivity contribution >= 4 is 73.3 Å². The van der Waals surface area contributed by atoms with E-state index in [1.807, 2.05) is 42.5 Å². The van der Waals surface area contributed by atoms with Gasteiger partial charge in [0, 0.05) is 34.1 Å². The number of hydrogen-bond donors (Lipinski definition) is 1. The molecule has 46 heavy (non-hydrogen) atoms. The molecule has 1 aliphatic carbocycles. The summed E-state index contributed by atoms with van der Waals surface area (Å²) in [6, 6.07) is 23.2. The van der Waals surface area contributed by atoms with E-state index >= 15 is 0 Å². The summed E-state index contributed by atoms with van der Waals surface area (Å²) in [5, 5.41) is 15.3. The minimum Gasteiger partial charge on any atom is -0.478 e. The first-order valence-corrected chi connectivity index (χ1v) is 14.5. The van der Waals surface area contributed by atoms with Crippen molar-refractivity contribution in [2.45, 2.75) is 6.42 Å². The topological polar surface area (TPSA) is 112 Å². The van der Waals surface area contributed by atoms with Crippen LogP contribution in [0.25, 0.3) is 32.3 Å². The molecule has 0 spiro atoms. The summed E-state index contributed by atoms with van der Waals surface area (Å²) in [6.07, 6.45) is 5.87. The van der Waals surface area contributed by atoms with Crippen LogP contribution in [0.15, 0.2) is 138 Å². The Labute approximate surface area is 261 Å². The third kappa shape index (κ3) is 3.83. The second kappa shape index (κ2) is 9.80. The summed E-state index contributed by atoms with van der Waals surface area (Å²) < 4.78 is 0. The molecule has 3 aliphatic rings. The Hall–Kier alpha value is -6.41. The summed E-state index contributed by atoms with van der Waals surface area (Å²) in [7, 11) is 0. The number of carbonyl (C=O) groups is 5. The quantitative estimate of drug-likeness (QED) is 0.189. The second-order valence-corrected chi connectivity index (χ2v) is 11.4. The molecule has 0 atom stereocenters. The molecule has 0 radical (unpaired) electrons. The largest absolute Gasteiger partial charge is 0.478 e. The zero-order valence-electron chi connectivity index (χ0n) is 24.1. The highest BCUT2D eigenvalue weighted by atomic mass is 16.4. The molecule has 8 heteroatoms. The number of hydrogen-bond acceptors (Lipinski definition) is 5. The van der Waals surface area contributed by atoms with Crippen molar-refractivity contribution in [2.75, 3.05) is 9.80 Å². The fraction of sp³-hybridized carbons (Fsp3) is 0.0263. The van der Waals surface area contributed by atoms with Gasteiger partial charge in [0.15, 0.2) is 0 Å². The zero-order valence-corrected chi connectivity index (χ0v) is 24.1. The monoisotopic (exact) mass is 602 g/mol. The van der Waals surface area contributed by atoms with Gasteiger partial charge in [0.2, 0.25) is 0 Å². The molecule has 5 aromatic carbocycles. The van der Waals surface area contributed by atoms with Crippen LogP contribution in [0.5, 0.6) is 0 Å². The van der Waals surface area contributed by atoms with E-state index in [2.05, 4.69) is 12.6 Å². The second-order valence-electron chi connectivity index (χ2n) is 11.4. The number of nitrogens with zero attached hydrogens (tertiary/aromatic N) is 2. The summed E-state index contributed by atoms with van der Waals surface area (Å²) >= 11 is 0. The molecule has 8 nitrogen and oxygen atoms in total. The fourth-order valence-corrected chi connectivity index (χ4v) is 6.59. The lowest BCUT2D eigenvalue weighted by Gasteiger charge is -2.32. The average molecular weight is 603 g/mol. The molecule has 0 unspecified atom stereocenters. The fourth-order valence-electron chi connectivity index (χ4n) is 6.59. The zero-order chi connectivity index (χ0) is 31.9. The van der Waals surface area contributed by atoms with Crippen LogP contribution >= 0.6 is 0 Å². The van der Waals surface area contributed by atoms with E-state index in [-0.39, 0.29) is 45.5 Å². The van der Waals surface area contributed by atoms with Gasteiger partial charge in [-0.05, 0) is 68.9 Å². The number of carboxylic acid groups (broad SMARTS) is 1. The van der Waals surface area contributed by atoms with Crippen LogP contribution in [-0.4, -0.2) is 34.7 Å². The SMILES string of the molecule is C=C1C2=C/C=C3\C/C(=C\C=C/1C(=O)N(c1cccc(C(=O)O)c1)C2=O)C(=O)N(c1ccc2ccc4cccc5ccc1c2c45)C3=O. The maximum Gasteiger partial charge on any atom is 0.335 e. The molecule has 2 fully saturated rings. The first-order chi connectivity index (χ1) is 22.2. The summed E-state index contributed by atoms with van der Waals surface area (Å²) in [6.45, 7) is 3.98. The van der Waals surface area contributed by atoms with Gasteiger partial charge in [-0.2, -0.15) is 0 Å². The van der Waals surface area contributed by atoms with E-state index in [0.29, 0.717) is 5.69 Å². The highest BCUT2D eigenvalue weighted by Crippen LogP contribution is 2.41. The van der Waals surface area contributed by atoms with Gasteiger partial charge in [-0.3, -0.25) is 19.2 Å². The maximum atomic E-state index is 14.1. The molecular formula is C38H22N2O6. The van der Waals surface area contributed by atoms with Crippen molar-refractivity contribution in [1.29, 1.82) is 0 Å². The predicted octanol–water partition coefficient (Wildman–Crippen LogP) is 6.39. The summed E-state index contributed by atoms with van der Waals surface area (Å²) in [5.41, 5.74) is 1.24. The molecule has 2 heterocycles. The molecule has 0 aromatic heterocycles. The van der Waals surface area contributed by atoms with Gasteiger partial charge in [0.1, 0.15) is 0 Å². The Balaban J connectivity index is 1.28. The number of benzene rings is 5. The molecule has 1 N–H and O–H groups in total. The van der Waals surface area contributed by atoms with Gasteiger partial charge >= 0.3 is 5.97 Å². The van der Waals surface area contributed by atoms with E-state index in [0.717, 1.165) is 37.2 Å². The van der Waals surface area contributed by atoms with Crippen molar-refractivity contribution < 1.29 is 29.1 Å². The Morgan fingerprint density at radius 3 is 1.83 bits per heavy atom. The third-order valence-corrected chi connectivity index (χ3v) is 8.85. The molecule has 0 saturated carbocycles. The van der Waals surface area contributed by atoms with Gasteiger partial charge in [0.25, 0.3) is 23.6 Å². The molecule has 4 bridgehead atoms. The number of imide groups is 2. The Bertz CT molecular complexity index is 2340. The van der Waals surface area contributed by atoms with Gasteiger partial charge < -0.3 is 5.11 Å². The Kier molecular flexibility index (Phi) is 5.79. The number of allylic oxidation sites excluding steroid dienone is 4. The summed E-state index contributed by atoms with van der Waals surface area (Å²) in [5.74, 6) is -3.67. The number of carboxylic acids is 1. The lowest BCUT2D eigenvalue weighted by molar-refractivity contribution is -0.125. The Morgan fingerprint density at radius 2 is 1.20 bits per heavy atom. The molecule has 4 amide bonds. The van der Waals surface area contributed by atoms with Gasteiger partial charge in [-0.25, -0.2) is 14.6 Å². The van der Waals surface area contributed by atoms with Crippen molar-refractivity contribution in [1.82, 2.24) is 0 Å². The number of anilines is 2. The van der Waals surface area contributed by atoms with Crippen LogP contribution in [0.3, 0.4) is 0 Å². The lowest BCUT2D eigenvalue weighted by Crippen LogP contribution is -2.45. The van der Waals surface area contributed by atoms with Crippen LogP contribution in [0.2, 0.25) is 0 Å². The van der Waals surface area contributed by atoms with E-state index in [9.17, 15) is 29.1 Å². The van der Waals surface area contributed by atoms with Crippen LogP contribution in [0.1, 0.15) is 16.8 Å².